The summed E-state index contributed by atoms with van der Waals surface area (Å²) in [5.74, 6) is 0.662. The molecule has 0 saturated heterocycles. The van der Waals surface area contributed by atoms with Gasteiger partial charge in [0, 0.05) is 19.7 Å². The minimum absolute atomic E-state index is 0.473. The van der Waals surface area contributed by atoms with Crippen molar-refractivity contribution in [2.24, 2.45) is 7.05 Å². The highest BCUT2D eigenvalue weighted by molar-refractivity contribution is 9.10. The first-order chi connectivity index (χ1) is 9.02. The third-order valence-electron chi connectivity index (χ3n) is 3.03. The number of rotatable bonds is 4. The predicted octanol–water partition coefficient (Wildman–Crippen LogP) is 2.12. The van der Waals surface area contributed by atoms with Crippen LogP contribution < -0.4 is 0 Å². The fourth-order valence-corrected chi connectivity index (χ4v) is 2.77. The highest BCUT2D eigenvalue weighted by atomic mass is 79.9. The molecule has 5 nitrogen and oxygen atoms in total. The normalized spacial score (nSPS) is 12.7. The molecule has 0 aromatic carbocycles. The fourth-order valence-electron chi connectivity index (χ4n) is 1.99. The maximum Gasteiger partial charge on any atom is 0.125 e. The average molecular weight is 325 g/mol. The number of hydrogen-bond acceptors (Lipinski definition) is 4. The molecule has 2 aromatic heterocycles. The first-order valence-electron chi connectivity index (χ1n) is 6.20. The van der Waals surface area contributed by atoms with Gasteiger partial charge < -0.3 is 5.11 Å². The molecule has 2 aromatic rings. The molecule has 0 amide bonds. The molecule has 102 valence electrons. The highest BCUT2D eigenvalue weighted by Crippen LogP contribution is 2.26. The summed E-state index contributed by atoms with van der Waals surface area (Å²) in [4.78, 5) is 8.28. The molecular formula is C13H17BrN4O. The molecule has 0 bridgehead atoms. The zero-order valence-electron chi connectivity index (χ0n) is 11.3. The van der Waals surface area contributed by atoms with Crippen molar-refractivity contribution in [3.8, 4) is 0 Å². The van der Waals surface area contributed by atoms with Gasteiger partial charge in [-0.1, -0.05) is 6.92 Å². The number of halogens is 1. The largest absolute Gasteiger partial charge is 0.386 e. The van der Waals surface area contributed by atoms with Gasteiger partial charge in [0.25, 0.3) is 0 Å². The molecule has 0 fully saturated rings. The smallest absolute Gasteiger partial charge is 0.125 e. The molecule has 1 atom stereocenters. The summed E-state index contributed by atoms with van der Waals surface area (Å²) in [6.07, 6.45) is 2.34. The quantitative estimate of drug-likeness (QED) is 0.935. The lowest BCUT2D eigenvalue weighted by Crippen LogP contribution is -2.09. The van der Waals surface area contributed by atoms with E-state index in [1.165, 1.54) is 0 Å². The van der Waals surface area contributed by atoms with Crippen molar-refractivity contribution in [3.05, 3.63) is 39.6 Å². The second-order valence-corrected chi connectivity index (χ2v) is 5.23. The van der Waals surface area contributed by atoms with Gasteiger partial charge in [0.2, 0.25) is 0 Å². The Balaban J connectivity index is 2.24. The van der Waals surface area contributed by atoms with E-state index < -0.39 is 6.10 Å². The van der Waals surface area contributed by atoms with Gasteiger partial charge in [-0.3, -0.25) is 4.68 Å². The first-order valence-corrected chi connectivity index (χ1v) is 7.00. The van der Waals surface area contributed by atoms with Crippen LogP contribution in [0.5, 0.6) is 0 Å². The molecule has 0 radical (unpaired) electrons. The number of aliphatic hydroxyl groups is 1. The van der Waals surface area contributed by atoms with Gasteiger partial charge in [-0.15, -0.1) is 0 Å². The Bertz CT molecular complexity index is 582. The van der Waals surface area contributed by atoms with E-state index in [-0.39, 0.29) is 0 Å². The summed E-state index contributed by atoms with van der Waals surface area (Å²) in [6, 6.07) is 1.74. The van der Waals surface area contributed by atoms with Crippen molar-refractivity contribution < 1.29 is 5.11 Å². The van der Waals surface area contributed by atoms with Crippen LogP contribution in [0.1, 0.15) is 35.9 Å². The third-order valence-corrected chi connectivity index (χ3v) is 3.94. The second-order valence-electron chi connectivity index (χ2n) is 4.43. The van der Waals surface area contributed by atoms with E-state index in [0.717, 1.165) is 22.3 Å². The Labute approximate surface area is 120 Å². The van der Waals surface area contributed by atoms with Crippen LogP contribution in [-0.2, 0) is 19.9 Å². The summed E-state index contributed by atoms with van der Waals surface area (Å²) in [7, 11) is 1.89. The lowest BCUT2D eigenvalue weighted by atomic mass is 10.1. The van der Waals surface area contributed by atoms with Gasteiger partial charge in [-0.25, -0.2) is 9.97 Å². The number of hydrogen-bond donors (Lipinski definition) is 1. The van der Waals surface area contributed by atoms with Crippen molar-refractivity contribution in [2.45, 2.75) is 32.8 Å². The molecule has 1 unspecified atom stereocenters. The van der Waals surface area contributed by atoms with Gasteiger partial charge in [0.15, 0.2) is 0 Å². The number of aryl methyl sites for hydroxylation is 3. The van der Waals surface area contributed by atoms with E-state index in [1.54, 1.807) is 16.9 Å². The van der Waals surface area contributed by atoms with Crippen molar-refractivity contribution in [2.75, 3.05) is 0 Å². The third kappa shape index (κ3) is 3.01. The lowest BCUT2D eigenvalue weighted by molar-refractivity contribution is 0.170. The highest BCUT2D eigenvalue weighted by Gasteiger charge is 2.18. The second kappa shape index (κ2) is 5.79. The monoisotopic (exact) mass is 324 g/mol. The predicted molar refractivity (Wildman–Crippen MR) is 75.7 cm³/mol. The van der Waals surface area contributed by atoms with Crippen molar-refractivity contribution >= 4 is 15.9 Å². The molecule has 0 aliphatic heterocycles. The summed E-state index contributed by atoms with van der Waals surface area (Å²) in [6.45, 7) is 3.87. The van der Waals surface area contributed by atoms with E-state index in [1.807, 2.05) is 14.0 Å². The molecule has 0 aliphatic rings. The van der Waals surface area contributed by atoms with Gasteiger partial charge in [0.05, 0.1) is 21.6 Å². The summed E-state index contributed by atoms with van der Waals surface area (Å²) in [5, 5.41) is 14.7. The van der Waals surface area contributed by atoms with Crippen LogP contribution in [-0.4, -0.2) is 24.9 Å². The van der Waals surface area contributed by atoms with Gasteiger partial charge in [-0.05, 0) is 35.3 Å². The minimum Gasteiger partial charge on any atom is -0.386 e. The lowest BCUT2D eigenvalue weighted by Gasteiger charge is -2.11. The zero-order chi connectivity index (χ0) is 14.0. The molecule has 2 heterocycles. The van der Waals surface area contributed by atoms with E-state index >= 15 is 0 Å². The minimum atomic E-state index is -0.655. The molecule has 6 heteroatoms. The summed E-state index contributed by atoms with van der Waals surface area (Å²) in [5.41, 5.74) is 2.61. The van der Waals surface area contributed by atoms with E-state index in [2.05, 4.69) is 37.9 Å². The molecule has 0 aliphatic carbocycles. The van der Waals surface area contributed by atoms with Crippen molar-refractivity contribution in [3.63, 3.8) is 0 Å². The standard InChI is InChI=1S/C13H17BrN4O/c1-4-9-13(14)11(18(3)17-9)7-12(19)10-5-6-15-8(2)16-10/h5-6,12,19H,4,7H2,1-3H3. The summed E-state index contributed by atoms with van der Waals surface area (Å²) >= 11 is 3.55. The van der Waals surface area contributed by atoms with E-state index in [0.29, 0.717) is 17.9 Å². The number of aliphatic hydroxyl groups excluding tert-OH is 1. The molecule has 0 spiro atoms. The maximum atomic E-state index is 10.3. The Morgan fingerprint density at radius 3 is 2.79 bits per heavy atom. The SMILES string of the molecule is CCc1nn(C)c(CC(O)c2ccnc(C)n2)c1Br. The van der Waals surface area contributed by atoms with Crippen LogP contribution in [0.4, 0.5) is 0 Å². The summed E-state index contributed by atoms with van der Waals surface area (Å²) < 4.78 is 2.78. The average Bonchev–Trinajstić information content (AvgIpc) is 2.66. The Morgan fingerprint density at radius 2 is 2.21 bits per heavy atom. The van der Waals surface area contributed by atoms with E-state index in [9.17, 15) is 5.11 Å². The molecule has 0 saturated carbocycles. The number of aromatic nitrogens is 4. The van der Waals surface area contributed by atoms with Crippen LogP contribution in [0.15, 0.2) is 16.7 Å². The van der Waals surface area contributed by atoms with Crippen LogP contribution in [0.2, 0.25) is 0 Å². The Kier molecular flexibility index (Phi) is 4.31. The van der Waals surface area contributed by atoms with Crippen molar-refractivity contribution in [1.82, 2.24) is 19.7 Å². The molecular weight excluding hydrogens is 308 g/mol. The van der Waals surface area contributed by atoms with Crippen LogP contribution >= 0.6 is 15.9 Å². The molecule has 19 heavy (non-hydrogen) atoms. The Morgan fingerprint density at radius 1 is 1.47 bits per heavy atom. The Hall–Kier alpha value is -1.27. The van der Waals surface area contributed by atoms with Gasteiger partial charge >= 0.3 is 0 Å². The van der Waals surface area contributed by atoms with Crippen LogP contribution in [0, 0.1) is 6.92 Å². The topological polar surface area (TPSA) is 63.8 Å². The maximum absolute atomic E-state index is 10.3. The molecule has 2 rings (SSSR count). The van der Waals surface area contributed by atoms with Gasteiger partial charge in [0.1, 0.15) is 11.9 Å². The first kappa shape index (κ1) is 14.1. The zero-order valence-corrected chi connectivity index (χ0v) is 12.8. The van der Waals surface area contributed by atoms with Gasteiger partial charge in [-0.2, -0.15) is 5.10 Å². The fraction of sp³-hybridized carbons (Fsp3) is 0.462. The van der Waals surface area contributed by atoms with E-state index in [4.69, 9.17) is 0 Å². The van der Waals surface area contributed by atoms with Crippen molar-refractivity contribution in [1.29, 1.82) is 0 Å². The number of nitrogens with zero attached hydrogens (tertiary/aromatic N) is 4. The van der Waals surface area contributed by atoms with Crippen LogP contribution in [0.3, 0.4) is 0 Å². The molecule has 1 N–H and O–H groups in total. The van der Waals surface area contributed by atoms with Crippen LogP contribution in [0.25, 0.3) is 0 Å².